The van der Waals surface area contributed by atoms with E-state index in [0.29, 0.717) is 23.1 Å². The second-order valence-corrected chi connectivity index (χ2v) is 23.6. The minimum absolute atomic E-state index is 0.00729. The number of hydroxylamine groups is 2. The highest BCUT2D eigenvalue weighted by molar-refractivity contribution is 7.80. The number of aliphatic hydroxyl groups is 2. The van der Waals surface area contributed by atoms with Crippen LogP contribution in [0.3, 0.4) is 0 Å². The zero-order chi connectivity index (χ0) is 67.8. The Bertz CT molecular complexity index is 3080. The summed E-state index contributed by atoms with van der Waals surface area (Å²) < 4.78 is 85.3. The molecule has 11 N–H and O–H groups in total. The van der Waals surface area contributed by atoms with Gasteiger partial charge < -0.3 is 85.4 Å². The van der Waals surface area contributed by atoms with Crippen molar-refractivity contribution in [2.45, 2.75) is 146 Å². The summed E-state index contributed by atoms with van der Waals surface area (Å²) in [5.74, 6) is -5.46. The van der Waals surface area contributed by atoms with Crippen molar-refractivity contribution in [3.05, 3.63) is 70.3 Å². The van der Waals surface area contributed by atoms with E-state index in [-0.39, 0.29) is 99.6 Å². The highest BCUT2D eigenvalue weighted by Gasteiger charge is 2.64. The third-order valence-electron chi connectivity index (χ3n) is 15.5. The van der Waals surface area contributed by atoms with E-state index in [1.807, 2.05) is 6.92 Å². The summed E-state index contributed by atoms with van der Waals surface area (Å²) in [4.78, 5) is 109. The molecule has 508 valence electrons. The second-order valence-electron chi connectivity index (χ2n) is 22.8. The van der Waals surface area contributed by atoms with Crippen LogP contribution >= 0.6 is 23.8 Å². The molecule has 4 aliphatic heterocycles. The highest BCUT2D eigenvalue weighted by Crippen LogP contribution is 2.49. The number of methoxy groups -OCH3 is 2. The minimum atomic E-state index is -5.18. The fourth-order valence-corrected chi connectivity index (χ4v) is 11.0. The van der Waals surface area contributed by atoms with Gasteiger partial charge in [-0.05, 0) is 87.1 Å². The molecule has 6 rings (SSSR count). The van der Waals surface area contributed by atoms with Crippen molar-refractivity contribution in [3.63, 3.8) is 0 Å². The summed E-state index contributed by atoms with van der Waals surface area (Å²) in [5, 5.41) is 41.2. The topological polar surface area (TPSA) is 371 Å². The molecule has 0 aliphatic carbocycles. The van der Waals surface area contributed by atoms with E-state index in [4.69, 9.17) is 67.5 Å². The number of epoxide rings is 1. The number of nitrogens with one attached hydrogen (secondary N) is 7. The summed E-state index contributed by atoms with van der Waals surface area (Å²) in [6.07, 6.45) is -8.28. The number of rotatable bonds is 24. The maximum absolute atomic E-state index is 15.1. The fraction of sp³-hybridized carbons (Fsp3) is 0.576. The molecule has 0 radical (unpaired) electrons. The fourth-order valence-electron chi connectivity index (χ4n) is 10.5. The predicted octanol–water partition coefficient (Wildman–Crippen LogP) is 3.94. The number of urea groups is 1. The molecular weight excluding hydrogens is 1260 g/mol. The number of ether oxygens (including phenoxy) is 7. The number of halogens is 4. The molecule has 2 aromatic carbocycles. The molecule has 4 heterocycles. The van der Waals surface area contributed by atoms with Crippen molar-refractivity contribution in [1.82, 2.24) is 31.6 Å². The maximum atomic E-state index is 15.1. The third kappa shape index (κ3) is 20.4. The Kier molecular flexibility index (Phi) is 26.5. The number of carbonyl (C=O) groups excluding carboxylic acids is 8. The van der Waals surface area contributed by atoms with E-state index in [1.54, 1.807) is 58.1 Å². The zero-order valence-electron chi connectivity index (χ0n) is 52.0. The average Bonchev–Trinajstić information content (AvgIpc) is 1.57. The van der Waals surface area contributed by atoms with Crippen LogP contribution < -0.4 is 52.6 Å². The second kappa shape index (κ2) is 33.0. The number of hydrogen-bond acceptors (Lipinski definition) is 20. The molecule has 0 spiro atoms. The van der Waals surface area contributed by atoms with Crippen LogP contribution in [0.25, 0.3) is 0 Å². The zero-order valence-corrected chi connectivity index (χ0v) is 53.6. The van der Waals surface area contributed by atoms with Crippen molar-refractivity contribution in [1.29, 1.82) is 0 Å². The summed E-state index contributed by atoms with van der Waals surface area (Å²) >= 11 is 12.2. The van der Waals surface area contributed by atoms with Gasteiger partial charge in [0.05, 0.1) is 75.5 Å². The first-order valence-corrected chi connectivity index (χ1v) is 30.3. The number of allylic oxidation sites excluding steroid dienone is 3. The SMILES string of the molecule is COc1cc2cc(c1Cl)N(C)C(=O)C[C@H](OC(=O)Nc1ccc(NC(=O)[C@H](CCCNC(N)=O)NC(=O)[C@@H](NC(=S)NCCOCCOCCC(=O)ON3C(=O)CCC3=O)C(C)C)c(C(F)(F)F)c1)[C@]1(C)O[C@H]1[C@H](C)[C@@H]1C[C@@](O)(NC(O)O1)[C@H](OC)/C=C/C=C(\C)C2. The van der Waals surface area contributed by atoms with Crippen LogP contribution in [0, 0.1) is 11.8 Å². The Hall–Kier alpha value is -7.27. The number of nitrogens with zero attached hydrogens (tertiary/aromatic N) is 2. The van der Waals surface area contributed by atoms with Crippen molar-refractivity contribution in [3.8, 4) is 5.75 Å². The van der Waals surface area contributed by atoms with E-state index in [2.05, 4.69) is 37.2 Å². The normalized spacial score (nSPS) is 25.1. The molecule has 8 amide bonds. The number of fused-ring (bicyclic) bond motifs is 5. The molecule has 33 heteroatoms. The van der Waals surface area contributed by atoms with Gasteiger partial charge in [0, 0.05) is 58.1 Å². The molecule has 3 fully saturated rings. The van der Waals surface area contributed by atoms with E-state index in [1.165, 1.54) is 26.2 Å². The van der Waals surface area contributed by atoms with Crippen molar-refractivity contribution in [2.75, 3.05) is 76.3 Å². The maximum Gasteiger partial charge on any atom is 0.418 e. The van der Waals surface area contributed by atoms with Crippen molar-refractivity contribution >= 4 is 93.6 Å². The smallest absolute Gasteiger partial charge is 0.418 e. The monoisotopic (exact) mass is 1340 g/mol. The van der Waals surface area contributed by atoms with E-state index in [0.717, 1.165) is 17.7 Å². The van der Waals surface area contributed by atoms with Crippen LogP contribution in [-0.4, -0.2) is 183 Å². The van der Waals surface area contributed by atoms with Gasteiger partial charge in [0.15, 0.2) is 10.8 Å². The van der Waals surface area contributed by atoms with Gasteiger partial charge >= 0.3 is 24.3 Å². The predicted molar refractivity (Wildman–Crippen MR) is 328 cm³/mol. The molecular formula is C59H80ClF3N10O18S. The van der Waals surface area contributed by atoms with Gasteiger partial charge in [0.25, 0.3) is 11.8 Å². The van der Waals surface area contributed by atoms with Gasteiger partial charge in [-0.1, -0.05) is 56.2 Å². The Labute approximate surface area is 539 Å². The van der Waals surface area contributed by atoms with E-state index in [9.17, 15) is 48.6 Å². The van der Waals surface area contributed by atoms with Gasteiger partial charge in [-0.2, -0.15) is 13.2 Å². The number of amides is 8. The summed E-state index contributed by atoms with van der Waals surface area (Å²) in [5.41, 5.74) is 0.906. The molecule has 1 unspecified atom stereocenters. The van der Waals surface area contributed by atoms with Crippen LogP contribution in [0.2, 0.25) is 5.02 Å². The van der Waals surface area contributed by atoms with Crippen LogP contribution in [0.5, 0.6) is 5.75 Å². The molecule has 4 aliphatic rings. The number of thiocarbonyl (C=S) groups is 1. The van der Waals surface area contributed by atoms with Crippen LogP contribution in [-0.2, 0) is 74.6 Å². The first kappa shape index (κ1) is 73.8. The molecule has 4 bridgehead atoms. The van der Waals surface area contributed by atoms with Crippen LogP contribution in [0.1, 0.15) is 90.7 Å². The lowest BCUT2D eigenvalue weighted by Gasteiger charge is -2.44. The largest absolute Gasteiger partial charge is 0.495 e. The molecule has 28 nitrogen and oxygen atoms in total. The summed E-state index contributed by atoms with van der Waals surface area (Å²) in [6, 6.07) is 2.34. The lowest BCUT2D eigenvalue weighted by Crippen LogP contribution is -2.65. The van der Waals surface area contributed by atoms with Gasteiger partial charge in [0.1, 0.15) is 40.7 Å². The molecule has 3 saturated heterocycles. The van der Waals surface area contributed by atoms with Gasteiger partial charge in [-0.3, -0.25) is 29.3 Å². The van der Waals surface area contributed by atoms with Crippen LogP contribution in [0.15, 0.2) is 54.1 Å². The molecule has 0 saturated carbocycles. The molecule has 10 atom stereocenters. The number of anilines is 3. The molecule has 0 aromatic heterocycles. The number of benzene rings is 2. The number of imide groups is 1. The average molecular weight is 1340 g/mol. The van der Waals surface area contributed by atoms with Gasteiger partial charge in [-0.25, -0.2) is 19.7 Å². The summed E-state index contributed by atoms with van der Waals surface area (Å²) in [6.45, 7) is 8.74. The molecule has 92 heavy (non-hydrogen) atoms. The number of carbonyl (C=O) groups is 8. The van der Waals surface area contributed by atoms with E-state index < -0.39 is 143 Å². The Balaban J connectivity index is 1.13. The van der Waals surface area contributed by atoms with Crippen molar-refractivity contribution < 1.29 is 99.7 Å². The Morgan fingerprint density at radius 2 is 1.65 bits per heavy atom. The quantitative estimate of drug-likeness (QED) is 0.0308. The number of nitrogens with two attached hydrogens (primary N) is 1. The van der Waals surface area contributed by atoms with Gasteiger partial charge in [0.2, 0.25) is 24.1 Å². The number of aliphatic hydroxyl groups excluding tert-OH is 1. The van der Waals surface area contributed by atoms with E-state index >= 15 is 13.2 Å². The van der Waals surface area contributed by atoms with Crippen LogP contribution in [0.4, 0.5) is 39.8 Å². The standard InChI is InChI=1S/C59H80ClF3N10O18S/c1-31(2)49(70-54(92)66-20-22-87-24-23-86-21-18-47(77)91-73-44(74)16-17-45(73)75)52(79)69-38(12-10-19-65-53(64)80)51(78)68-37-15-14-35(28-36(37)59(61,62)63)67-55(81)89-43-29-46(76)72(6)39-26-34(27-40(84-7)48(39)60)25-32(3)11-9-13-42(85-8)58(83)30-41(88-56(82)71-58)33(4)50-57(43,5)90-50/h9,11,13-15,26-28,31,33,38,41-43,49-50,56,71,82-83H,10,12,16-25,29-30H2,1-8H3,(H,67,81)(H,68,78)(H,69,79)(H3,64,65,80)(H2,66,70,92)/b13-9+,32-11+/t33-,38+,41+,42-,43+,49+,50+,56?,57+,58+/m1/s1. The number of primary amides is 1. The first-order valence-electron chi connectivity index (χ1n) is 29.5. The molecule has 2 aromatic rings. The Morgan fingerprint density at radius 3 is 2.30 bits per heavy atom. The lowest BCUT2D eigenvalue weighted by atomic mass is 9.83. The third-order valence-corrected chi connectivity index (χ3v) is 16.2. The Morgan fingerprint density at radius 1 is 0.957 bits per heavy atom. The lowest BCUT2D eigenvalue weighted by molar-refractivity contribution is -0.271. The van der Waals surface area contributed by atoms with Crippen molar-refractivity contribution in [2.24, 2.45) is 17.6 Å². The number of alkyl halides is 3. The van der Waals surface area contributed by atoms with Gasteiger partial charge in [-0.15, -0.1) is 5.06 Å². The first-order chi connectivity index (χ1) is 43.4. The highest BCUT2D eigenvalue weighted by atomic mass is 35.5. The number of hydrogen-bond donors (Lipinski definition) is 10. The minimum Gasteiger partial charge on any atom is -0.495 e. The summed E-state index contributed by atoms with van der Waals surface area (Å²) in [7, 11) is 4.23.